The zero-order chi connectivity index (χ0) is 16.0. The number of likely N-dealkylation sites (N-methyl/N-ethyl adjacent to an activating group) is 1. The molecule has 6 nitrogen and oxygen atoms in total. The Labute approximate surface area is 131 Å². The van der Waals surface area contributed by atoms with Crippen molar-refractivity contribution in [3.63, 3.8) is 0 Å². The molecule has 22 heavy (non-hydrogen) atoms. The molecule has 1 atom stereocenters. The third kappa shape index (κ3) is 2.58. The number of hydrogen-bond acceptors (Lipinski definition) is 5. The Kier molecular flexibility index (Phi) is 4.05. The molecule has 1 aromatic rings. The SMILES string of the molecule is CCN1CCN(S(=O)(=O)[C@H]2CS(=O)(=O)c3ccccc32)CC1. The van der Waals surface area contributed by atoms with Crippen LogP contribution in [0.5, 0.6) is 0 Å². The second kappa shape index (κ2) is 5.59. The number of piperazine rings is 1. The summed E-state index contributed by atoms with van der Waals surface area (Å²) >= 11 is 0. The first-order valence-corrected chi connectivity index (χ1v) is 10.5. The fourth-order valence-corrected chi connectivity index (χ4v) is 7.61. The molecule has 2 aliphatic rings. The van der Waals surface area contributed by atoms with Gasteiger partial charge in [0.25, 0.3) is 0 Å². The fourth-order valence-electron chi connectivity index (χ4n) is 3.14. The molecule has 1 saturated heterocycles. The highest BCUT2D eigenvalue weighted by Crippen LogP contribution is 2.39. The number of sulfone groups is 1. The molecule has 0 amide bonds. The zero-order valence-electron chi connectivity index (χ0n) is 12.5. The molecule has 1 aromatic carbocycles. The molecule has 8 heteroatoms. The van der Waals surface area contributed by atoms with E-state index in [1.165, 1.54) is 10.4 Å². The second-order valence-corrected chi connectivity index (χ2v) is 9.80. The van der Waals surface area contributed by atoms with E-state index in [0.29, 0.717) is 31.7 Å². The predicted molar refractivity (Wildman–Crippen MR) is 83.8 cm³/mol. The molecule has 0 aromatic heterocycles. The van der Waals surface area contributed by atoms with Crippen LogP contribution in [0, 0.1) is 0 Å². The lowest BCUT2D eigenvalue weighted by Crippen LogP contribution is -2.49. The van der Waals surface area contributed by atoms with E-state index in [-0.39, 0.29) is 10.6 Å². The summed E-state index contributed by atoms with van der Waals surface area (Å²) in [6, 6.07) is 6.43. The van der Waals surface area contributed by atoms with Gasteiger partial charge in [-0.15, -0.1) is 0 Å². The van der Waals surface area contributed by atoms with Crippen molar-refractivity contribution < 1.29 is 16.8 Å². The molecule has 2 heterocycles. The minimum Gasteiger partial charge on any atom is -0.301 e. The van der Waals surface area contributed by atoms with Crippen LogP contribution in [-0.4, -0.2) is 64.5 Å². The molecule has 3 rings (SSSR count). The van der Waals surface area contributed by atoms with Gasteiger partial charge in [-0.25, -0.2) is 16.8 Å². The van der Waals surface area contributed by atoms with Gasteiger partial charge in [0, 0.05) is 26.2 Å². The summed E-state index contributed by atoms with van der Waals surface area (Å²) in [6.45, 7) is 5.18. The summed E-state index contributed by atoms with van der Waals surface area (Å²) < 4.78 is 51.6. The molecular formula is C14H20N2O4S2. The summed E-state index contributed by atoms with van der Waals surface area (Å²) in [5.41, 5.74) is 0.417. The van der Waals surface area contributed by atoms with Crippen LogP contribution in [0.2, 0.25) is 0 Å². The van der Waals surface area contributed by atoms with Gasteiger partial charge in [0.05, 0.1) is 10.6 Å². The van der Waals surface area contributed by atoms with Crippen molar-refractivity contribution in [1.29, 1.82) is 0 Å². The third-order valence-electron chi connectivity index (χ3n) is 4.47. The molecule has 0 radical (unpaired) electrons. The Hall–Kier alpha value is -0.960. The Bertz CT molecular complexity index is 766. The van der Waals surface area contributed by atoms with Crippen LogP contribution in [0.25, 0.3) is 0 Å². The van der Waals surface area contributed by atoms with Gasteiger partial charge in [-0.1, -0.05) is 25.1 Å². The monoisotopic (exact) mass is 344 g/mol. The van der Waals surface area contributed by atoms with Crippen LogP contribution < -0.4 is 0 Å². The Morgan fingerprint density at radius 1 is 1.14 bits per heavy atom. The Morgan fingerprint density at radius 2 is 1.77 bits per heavy atom. The maximum atomic E-state index is 12.9. The quantitative estimate of drug-likeness (QED) is 0.797. The number of fused-ring (bicyclic) bond motifs is 1. The summed E-state index contributed by atoms with van der Waals surface area (Å²) in [5, 5.41) is -0.970. The number of hydrogen-bond donors (Lipinski definition) is 0. The molecule has 0 unspecified atom stereocenters. The van der Waals surface area contributed by atoms with E-state index in [1.54, 1.807) is 18.2 Å². The number of rotatable bonds is 3. The van der Waals surface area contributed by atoms with Crippen molar-refractivity contribution in [3.8, 4) is 0 Å². The molecule has 1 fully saturated rings. The van der Waals surface area contributed by atoms with Crippen LogP contribution in [0.15, 0.2) is 29.2 Å². The largest absolute Gasteiger partial charge is 0.301 e. The third-order valence-corrected chi connectivity index (χ3v) is 8.72. The number of benzene rings is 1. The van der Waals surface area contributed by atoms with Crippen molar-refractivity contribution in [3.05, 3.63) is 29.8 Å². The van der Waals surface area contributed by atoms with Gasteiger partial charge in [-0.3, -0.25) is 0 Å². The average Bonchev–Trinajstić information content (AvgIpc) is 2.80. The fraction of sp³-hybridized carbons (Fsp3) is 0.571. The molecule has 2 aliphatic heterocycles. The van der Waals surface area contributed by atoms with E-state index in [4.69, 9.17) is 0 Å². The van der Waals surface area contributed by atoms with Gasteiger partial charge in [-0.05, 0) is 18.2 Å². The first-order chi connectivity index (χ1) is 10.4. The molecule has 0 saturated carbocycles. The lowest BCUT2D eigenvalue weighted by atomic mass is 10.2. The zero-order valence-corrected chi connectivity index (χ0v) is 14.1. The van der Waals surface area contributed by atoms with Gasteiger partial charge in [0.1, 0.15) is 5.25 Å². The van der Waals surface area contributed by atoms with E-state index < -0.39 is 25.1 Å². The highest BCUT2D eigenvalue weighted by Gasteiger charge is 2.44. The minimum absolute atomic E-state index is 0.163. The maximum Gasteiger partial charge on any atom is 0.222 e. The second-order valence-electron chi connectivity index (χ2n) is 5.69. The smallest absolute Gasteiger partial charge is 0.222 e. The first kappa shape index (κ1) is 15.9. The Balaban J connectivity index is 1.92. The van der Waals surface area contributed by atoms with E-state index >= 15 is 0 Å². The first-order valence-electron chi connectivity index (χ1n) is 7.39. The summed E-state index contributed by atoms with van der Waals surface area (Å²) in [7, 11) is -7.16. The van der Waals surface area contributed by atoms with Gasteiger partial charge in [-0.2, -0.15) is 4.31 Å². The topological polar surface area (TPSA) is 74.8 Å². The highest BCUT2D eigenvalue weighted by molar-refractivity contribution is 7.95. The van der Waals surface area contributed by atoms with Crippen molar-refractivity contribution >= 4 is 19.9 Å². The van der Waals surface area contributed by atoms with E-state index in [2.05, 4.69) is 4.90 Å². The predicted octanol–water partition coefficient (Wildman–Crippen LogP) is 0.482. The molecule has 0 aliphatic carbocycles. The number of nitrogens with zero attached hydrogens (tertiary/aromatic N) is 2. The molecule has 0 bridgehead atoms. The Morgan fingerprint density at radius 3 is 2.41 bits per heavy atom. The maximum absolute atomic E-state index is 12.9. The van der Waals surface area contributed by atoms with Gasteiger partial charge < -0.3 is 4.90 Å². The van der Waals surface area contributed by atoms with Gasteiger partial charge >= 0.3 is 0 Å². The standard InChI is InChI=1S/C14H20N2O4S2/c1-2-15-7-9-16(10-8-15)22(19,20)14-11-21(17,18)13-6-4-3-5-12(13)14/h3-6,14H,2,7-11H2,1H3/t14-/m0/s1. The van der Waals surface area contributed by atoms with Crippen LogP contribution in [0.1, 0.15) is 17.7 Å². The van der Waals surface area contributed by atoms with E-state index in [9.17, 15) is 16.8 Å². The van der Waals surface area contributed by atoms with Crippen molar-refractivity contribution in [2.45, 2.75) is 17.1 Å². The number of sulfonamides is 1. The molecule has 0 N–H and O–H groups in total. The van der Waals surface area contributed by atoms with Crippen LogP contribution >= 0.6 is 0 Å². The molecule has 122 valence electrons. The average molecular weight is 344 g/mol. The summed E-state index contributed by atoms with van der Waals surface area (Å²) in [4.78, 5) is 2.35. The van der Waals surface area contributed by atoms with Crippen LogP contribution in [-0.2, 0) is 19.9 Å². The molecular weight excluding hydrogens is 324 g/mol. The van der Waals surface area contributed by atoms with Crippen LogP contribution in [0.3, 0.4) is 0 Å². The normalized spacial score (nSPS) is 26.0. The van der Waals surface area contributed by atoms with Crippen molar-refractivity contribution in [2.24, 2.45) is 0 Å². The van der Waals surface area contributed by atoms with Gasteiger partial charge in [0.2, 0.25) is 10.0 Å². The highest BCUT2D eigenvalue weighted by atomic mass is 32.2. The van der Waals surface area contributed by atoms with Crippen LogP contribution in [0.4, 0.5) is 0 Å². The lowest BCUT2D eigenvalue weighted by Gasteiger charge is -2.34. The van der Waals surface area contributed by atoms with Crippen molar-refractivity contribution in [2.75, 3.05) is 38.5 Å². The lowest BCUT2D eigenvalue weighted by molar-refractivity contribution is 0.195. The van der Waals surface area contributed by atoms with E-state index in [1.807, 2.05) is 6.92 Å². The summed E-state index contributed by atoms with van der Waals surface area (Å²) in [6.07, 6.45) is 0. The van der Waals surface area contributed by atoms with E-state index in [0.717, 1.165) is 6.54 Å². The minimum atomic E-state index is -3.65. The van der Waals surface area contributed by atoms with Crippen molar-refractivity contribution in [1.82, 2.24) is 9.21 Å². The molecule has 0 spiro atoms. The summed E-state index contributed by atoms with van der Waals surface area (Å²) in [5.74, 6) is -0.345. The van der Waals surface area contributed by atoms with Gasteiger partial charge in [0.15, 0.2) is 9.84 Å².